The number of aryl methyl sites for hydroxylation is 1. The van der Waals surface area contributed by atoms with Crippen LogP contribution in [0.3, 0.4) is 0 Å². The molecule has 2 aromatic carbocycles. The van der Waals surface area contributed by atoms with Gasteiger partial charge in [-0.1, -0.05) is 24.3 Å². The van der Waals surface area contributed by atoms with Crippen LogP contribution in [0.15, 0.2) is 36.4 Å². The highest BCUT2D eigenvalue weighted by Gasteiger charge is 2.30. The molecule has 0 saturated heterocycles. The van der Waals surface area contributed by atoms with Gasteiger partial charge in [0.25, 0.3) is 0 Å². The molecule has 0 radical (unpaired) electrons. The minimum absolute atomic E-state index is 0.155. The third kappa shape index (κ3) is 2.66. The Morgan fingerprint density at radius 2 is 1.81 bits per heavy atom. The molecule has 0 fully saturated rings. The van der Waals surface area contributed by atoms with Gasteiger partial charge in [0.05, 0.1) is 6.04 Å². The van der Waals surface area contributed by atoms with Crippen LogP contribution in [0, 0.1) is 12.7 Å². The van der Waals surface area contributed by atoms with Crippen LogP contribution in [-0.4, -0.2) is 5.60 Å². The molecule has 1 heterocycles. The Morgan fingerprint density at radius 1 is 1.14 bits per heavy atom. The molecule has 2 aromatic rings. The van der Waals surface area contributed by atoms with E-state index >= 15 is 0 Å². The summed E-state index contributed by atoms with van der Waals surface area (Å²) in [7, 11) is 0. The summed E-state index contributed by atoms with van der Waals surface area (Å²) >= 11 is 0. The number of fused-ring (bicyclic) bond motifs is 1. The van der Waals surface area contributed by atoms with Gasteiger partial charge in [0, 0.05) is 6.42 Å². The summed E-state index contributed by atoms with van der Waals surface area (Å²) in [5, 5.41) is 0. The lowest BCUT2D eigenvalue weighted by molar-refractivity contribution is 0.138. The molecule has 0 bridgehead atoms. The van der Waals surface area contributed by atoms with Crippen LogP contribution in [0.4, 0.5) is 4.39 Å². The second-order valence-electron chi connectivity index (χ2n) is 6.39. The zero-order valence-electron chi connectivity index (χ0n) is 12.6. The fraction of sp³-hybridized carbons (Fsp3) is 0.333. The summed E-state index contributed by atoms with van der Waals surface area (Å²) in [6.45, 7) is 5.91. The van der Waals surface area contributed by atoms with Gasteiger partial charge in [-0.05, 0) is 55.2 Å². The molecule has 110 valence electrons. The highest BCUT2D eigenvalue weighted by Crippen LogP contribution is 2.36. The first kappa shape index (κ1) is 14.1. The van der Waals surface area contributed by atoms with Crippen molar-refractivity contribution in [1.29, 1.82) is 0 Å². The van der Waals surface area contributed by atoms with Gasteiger partial charge in [0.2, 0.25) is 0 Å². The van der Waals surface area contributed by atoms with E-state index in [0.717, 1.165) is 23.3 Å². The molecule has 3 rings (SSSR count). The first-order valence-corrected chi connectivity index (χ1v) is 7.19. The molecule has 3 heteroatoms. The Hall–Kier alpha value is -1.87. The standard InChI is InChI=1S/C18H20FNO/c1-11-8-12(4-6-15(11)19)17(20)13-5-7-16-14(9-13)10-18(2,3)21-16/h4-9,17H,10,20H2,1-3H3. The van der Waals surface area contributed by atoms with Crippen LogP contribution in [0.2, 0.25) is 0 Å². The van der Waals surface area contributed by atoms with Gasteiger partial charge in [-0.3, -0.25) is 0 Å². The monoisotopic (exact) mass is 285 g/mol. The molecule has 1 aliphatic rings. The second kappa shape index (κ2) is 4.85. The van der Waals surface area contributed by atoms with Crippen LogP contribution < -0.4 is 10.5 Å². The van der Waals surface area contributed by atoms with Gasteiger partial charge >= 0.3 is 0 Å². The molecule has 1 unspecified atom stereocenters. The average Bonchev–Trinajstić information content (AvgIpc) is 2.73. The number of nitrogens with two attached hydrogens (primary N) is 1. The summed E-state index contributed by atoms with van der Waals surface area (Å²) < 4.78 is 19.3. The maximum Gasteiger partial charge on any atom is 0.126 e. The minimum atomic E-state index is -0.252. The fourth-order valence-electron chi connectivity index (χ4n) is 2.88. The maximum atomic E-state index is 13.4. The molecule has 1 aliphatic heterocycles. The van der Waals surface area contributed by atoms with Crippen LogP contribution in [0.5, 0.6) is 5.75 Å². The van der Waals surface area contributed by atoms with Gasteiger partial charge in [-0.25, -0.2) is 4.39 Å². The molecule has 1 atom stereocenters. The molecule has 0 amide bonds. The van der Waals surface area contributed by atoms with Crippen molar-refractivity contribution < 1.29 is 9.13 Å². The minimum Gasteiger partial charge on any atom is -0.487 e. The molecule has 0 aromatic heterocycles. The van der Waals surface area contributed by atoms with E-state index in [4.69, 9.17) is 10.5 Å². The molecule has 0 saturated carbocycles. The first-order chi connectivity index (χ1) is 9.85. The lowest BCUT2D eigenvalue weighted by atomic mass is 9.94. The lowest BCUT2D eigenvalue weighted by Crippen LogP contribution is -2.24. The van der Waals surface area contributed by atoms with E-state index in [9.17, 15) is 4.39 Å². The Labute approximate surface area is 124 Å². The number of ether oxygens (including phenoxy) is 1. The van der Waals surface area contributed by atoms with E-state index in [2.05, 4.69) is 19.9 Å². The van der Waals surface area contributed by atoms with Gasteiger partial charge < -0.3 is 10.5 Å². The van der Waals surface area contributed by atoms with Crippen LogP contribution in [0.25, 0.3) is 0 Å². The number of hydrogen-bond donors (Lipinski definition) is 1. The number of rotatable bonds is 2. The summed E-state index contributed by atoms with van der Waals surface area (Å²) in [5.74, 6) is 0.737. The van der Waals surface area contributed by atoms with Gasteiger partial charge in [0.1, 0.15) is 17.2 Å². The first-order valence-electron chi connectivity index (χ1n) is 7.19. The second-order valence-corrected chi connectivity index (χ2v) is 6.39. The molecule has 2 nitrogen and oxygen atoms in total. The van der Waals surface area contributed by atoms with E-state index < -0.39 is 0 Å². The summed E-state index contributed by atoms with van der Waals surface area (Å²) in [4.78, 5) is 0. The normalized spacial score (nSPS) is 17.2. The average molecular weight is 285 g/mol. The maximum absolute atomic E-state index is 13.4. The third-order valence-electron chi connectivity index (χ3n) is 3.99. The highest BCUT2D eigenvalue weighted by molar-refractivity contribution is 5.45. The number of benzene rings is 2. The molecule has 21 heavy (non-hydrogen) atoms. The molecule has 0 spiro atoms. The molecule has 0 aliphatic carbocycles. The smallest absolute Gasteiger partial charge is 0.126 e. The summed E-state index contributed by atoms with van der Waals surface area (Å²) in [5.41, 5.74) is 9.94. The topological polar surface area (TPSA) is 35.2 Å². The van der Waals surface area contributed by atoms with Crippen LogP contribution in [-0.2, 0) is 6.42 Å². The van der Waals surface area contributed by atoms with Crippen molar-refractivity contribution >= 4 is 0 Å². The third-order valence-corrected chi connectivity index (χ3v) is 3.99. The van der Waals surface area contributed by atoms with E-state index in [0.29, 0.717) is 5.56 Å². The van der Waals surface area contributed by atoms with Crippen molar-refractivity contribution in [2.75, 3.05) is 0 Å². The van der Waals surface area contributed by atoms with E-state index in [1.165, 1.54) is 11.6 Å². The molecular weight excluding hydrogens is 265 g/mol. The zero-order chi connectivity index (χ0) is 15.2. The highest BCUT2D eigenvalue weighted by atomic mass is 19.1. The van der Waals surface area contributed by atoms with E-state index in [1.807, 2.05) is 18.2 Å². The fourth-order valence-corrected chi connectivity index (χ4v) is 2.88. The van der Waals surface area contributed by atoms with Crippen molar-refractivity contribution in [3.63, 3.8) is 0 Å². The lowest BCUT2D eigenvalue weighted by Gasteiger charge is -2.16. The molecular formula is C18H20FNO. The van der Waals surface area contributed by atoms with Gasteiger partial charge in [0.15, 0.2) is 0 Å². The van der Waals surface area contributed by atoms with E-state index in [1.54, 1.807) is 13.0 Å². The van der Waals surface area contributed by atoms with E-state index in [-0.39, 0.29) is 17.5 Å². The SMILES string of the molecule is Cc1cc(C(N)c2ccc3c(c2)CC(C)(C)O3)ccc1F. The Kier molecular flexibility index (Phi) is 3.25. The van der Waals surface area contributed by atoms with Gasteiger partial charge in [-0.15, -0.1) is 0 Å². The summed E-state index contributed by atoms with van der Waals surface area (Å²) in [6.07, 6.45) is 0.880. The van der Waals surface area contributed by atoms with Crippen molar-refractivity contribution in [3.8, 4) is 5.75 Å². The quantitative estimate of drug-likeness (QED) is 0.908. The molecule has 2 N–H and O–H groups in total. The zero-order valence-corrected chi connectivity index (χ0v) is 12.6. The van der Waals surface area contributed by atoms with Crippen molar-refractivity contribution in [2.24, 2.45) is 5.73 Å². The Bertz CT molecular complexity index is 694. The van der Waals surface area contributed by atoms with Crippen molar-refractivity contribution in [3.05, 3.63) is 64.5 Å². The Morgan fingerprint density at radius 3 is 2.52 bits per heavy atom. The van der Waals surface area contributed by atoms with Crippen LogP contribution >= 0.6 is 0 Å². The van der Waals surface area contributed by atoms with Gasteiger partial charge in [-0.2, -0.15) is 0 Å². The predicted molar refractivity (Wildman–Crippen MR) is 82.0 cm³/mol. The predicted octanol–water partition coefficient (Wildman–Crippen LogP) is 3.90. The largest absolute Gasteiger partial charge is 0.487 e. The number of hydrogen-bond acceptors (Lipinski definition) is 2. The Balaban J connectivity index is 1.93. The van der Waals surface area contributed by atoms with Crippen LogP contribution in [0.1, 0.15) is 42.1 Å². The van der Waals surface area contributed by atoms with Crippen molar-refractivity contribution in [2.45, 2.75) is 38.8 Å². The van der Waals surface area contributed by atoms with Crippen molar-refractivity contribution in [1.82, 2.24) is 0 Å². The summed E-state index contributed by atoms with van der Waals surface area (Å²) in [6, 6.07) is 10.9. The number of halogens is 1.